The first-order valence-electron chi connectivity index (χ1n) is 16.3. The summed E-state index contributed by atoms with van der Waals surface area (Å²) in [6.45, 7) is 13.7. The molecule has 0 fully saturated rings. The third kappa shape index (κ3) is 3.64. The van der Waals surface area contributed by atoms with E-state index in [-0.39, 0.29) is 10.8 Å². The summed E-state index contributed by atoms with van der Waals surface area (Å²) in [5, 5.41) is 2.31. The molecular weight excluding hydrogens is 556 g/mol. The smallest absolute Gasteiger partial charge is 0.0975 e. The molecule has 2 aliphatic rings. The Bertz CT molecular complexity index is 2270. The van der Waals surface area contributed by atoms with Crippen LogP contribution >= 0.6 is 0 Å². The lowest BCUT2D eigenvalue weighted by Gasteiger charge is -2.22. The van der Waals surface area contributed by atoms with Gasteiger partial charge in [0.2, 0.25) is 0 Å². The molecule has 0 saturated carbocycles. The maximum absolute atomic E-state index is 5.38. The molecule has 0 saturated heterocycles. The average Bonchev–Trinajstić information content (AvgIpc) is 3.44. The van der Waals surface area contributed by atoms with Crippen molar-refractivity contribution in [3.05, 3.63) is 143 Å². The molecule has 46 heavy (non-hydrogen) atoms. The van der Waals surface area contributed by atoms with E-state index in [0.29, 0.717) is 0 Å². The molecule has 0 aliphatic heterocycles. The summed E-state index contributed by atoms with van der Waals surface area (Å²) in [6.07, 6.45) is 0. The first-order valence-corrected chi connectivity index (χ1v) is 16.3. The summed E-state index contributed by atoms with van der Waals surface area (Å²) < 4.78 is 0. The molecule has 2 heteroatoms. The summed E-state index contributed by atoms with van der Waals surface area (Å²) >= 11 is 0. The summed E-state index contributed by atoms with van der Waals surface area (Å²) in [4.78, 5) is 10.8. The fraction of sp³-hybridized carbons (Fsp3) is 0.182. The number of hydrogen-bond donors (Lipinski definition) is 0. The summed E-state index contributed by atoms with van der Waals surface area (Å²) in [5.74, 6) is 0. The number of rotatable bonds is 2. The van der Waals surface area contributed by atoms with Gasteiger partial charge >= 0.3 is 0 Å². The van der Waals surface area contributed by atoms with Gasteiger partial charge in [-0.3, -0.25) is 0 Å². The molecule has 0 unspecified atom stereocenters. The summed E-state index contributed by atoms with van der Waals surface area (Å²) in [6, 6.07) is 40.3. The molecule has 0 bridgehead atoms. The molecule has 5 aromatic carbocycles. The Balaban J connectivity index is 1.21. The topological polar surface area (TPSA) is 25.8 Å². The Hall–Kier alpha value is -5.08. The Morgan fingerprint density at radius 3 is 1.24 bits per heavy atom. The van der Waals surface area contributed by atoms with Crippen molar-refractivity contribution in [1.29, 1.82) is 0 Å². The van der Waals surface area contributed by atoms with Gasteiger partial charge in [0.1, 0.15) is 0 Å². The minimum Gasteiger partial charge on any atom is -0.245 e. The van der Waals surface area contributed by atoms with Crippen molar-refractivity contribution < 1.29 is 0 Å². The molecule has 7 aromatic rings. The highest BCUT2D eigenvalue weighted by atomic mass is 14.8. The van der Waals surface area contributed by atoms with Crippen LogP contribution in [0.1, 0.15) is 61.1 Å². The van der Waals surface area contributed by atoms with Crippen LogP contribution < -0.4 is 0 Å². The van der Waals surface area contributed by atoms with Gasteiger partial charge in [-0.25, -0.2) is 9.97 Å². The number of aromatic nitrogens is 2. The van der Waals surface area contributed by atoms with Gasteiger partial charge in [0.05, 0.1) is 22.4 Å². The number of aryl methyl sites for hydroxylation is 2. The monoisotopic (exact) mass is 592 g/mol. The maximum atomic E-state index is 5.38. The zero-order valence-corrected chi connectivity index (χ0v) is 27.3. The van der Waals surface area contributed by atoms with Crippen molar-refractivity contribution in [2.24, 2.45) is 0 Å². The van der Waals surface area contributed by atoms with E-state index in [4.69, 9.17) is 9.97 Å². The fourth-order valence-corrected chi connectivity index (χ4v) is 8.34. The second kappa shape index (κ2) is 9.23. The van der Waals surface area contributed by atoms with Crippen molar-refractivity contribution in [3.8, 4) is 44.8 Å². The molecular formula is C44H36N2. The van der Waals surface area contributed by atoms with E-state index >= 15 is 0 Å². The molecule has 2 aromatic heterocycles. The maximum Gasteiger partial charge on any atom is 0.0975 e. The van der Waals surface area contributed by atoms with Gasteiger partial charge in [0, 0.05) is 32.7 Å². The van der Waals surface area contributed by atoms with Crippen LogP contribution in [0.5, 0.6) is 0 Å². The van der Waals surface area contributed by atoms with Crippen molar-refractivity contribution in [2.75, 3.05) is 0 Å². The number of fused-ring (bicyclic) bond motifs is 9. The predicted molar refractivity (Wildman–Crippen MR) is 193 cm³/mol. The summed E-state index contributed by atoms with van der Waals surface area (Å²) in [5.41, 5.74) is 19.4. The standard InChI is InChI=1S/C44H36N2/c1-25-21-39(27-15-17-33-31-11-7-9-13-35(31)43(3,4)37(33)23-27)45-41-29(25)19-20-30-26(2)22-40(46-42(30)41)28-16-18-34-32-12-8-10-14-36(32)44(5,6)38(34)24-28/h7-24H,1-6H3. The highest BCUT2D eigenvalue weighted by Gasteiger charge is 2.36. The Morgan fingerprint density at radius 2 is 0.804 bits per heavy atom. The number of nitrogens with zero attached hydrogens (tertiary/aromatic N) is 2. The molecule has 222 valence electrons. The summed E-state index contributed by atoms with van der Waals surface area (Å²) in [7, 11) is 0. The molecule has 0 spiro atoms. The van der Waals surface area contributed by atoms with Crippen LogP contribution in [0.3, 0.4) is 0 Å². The van der Waals surface area contributed by atoms with Crippen LogP contribution in [0.15, 0.2) is 109 Å². The third-order valence-electron chi connectivity index (χ3n) is 10.9. The molecule has 2 aliphatic carbocycles. The van der Waals surface area contributed by atoms with E-state index < -0.39 is 0 Å². The van der Waals surface area contributed by atoms with E-state index in [9.17, 15) is 0 Å². The highest BCUT2D eigenvalue weighted by Crippen LogP contribution is 2.51. The Labute approximate surface area is 270 Å². The normalized spacial score (nSPS) is 15.1. The van der Waals surface area contributed by atoms with E-state index in [2.05, 4.69) is 151 Å². The van der Waals surface area contributed by atoms with Gasteiger partial charge < -0.3 is 0 Å². The fourth-order valence-electron chi connectivity index (χ4n) is 8.34. The Morgan fingerprint density at radius 1 is 0.413 bits per heavy atom. The van der Waals surface area contributed by atoms with Gasteiger partial charge in [-0.15, -0.1) is 0 Å². The second-order valence-corrected chi connectivity index (χ2v) is 14.4. The lowest BCUT2D eigenvalue weighted by atomic mass is 9.82. The van der Waals surface area contributed by atoms with Crippen LogP contribution in [0.25, 0.3) is 66.6 Å². The first-order chi connectivity index (χ1) is 22.1. The van der Waals surface area contributed by atoms with Crippen LogP contribution in [0, 0.1) is 13.8 Å². The molecule has 0 amide bonds. The van der Waals surface area contributed by atoms with Crippen molar-refractivity contribution >= 4 is 21.8 Å². The SMILES string of the molecule is Cc1cc(-c2ccc3c(c2)C(C)(C)c2ccccc2-3)nc2c1ccc1c(C)cc(-c3ccc4c(c3)C(C)(C)c3ccccc3-4)nc12. The average molecular weight is 593 g/mol. The molecule has 0 atom stereocenters. The van der Waals surface area contributed by atoms with Gasteiger partial charge in [0.25, 0.3) is 0 Å². The number of pyridine rings is 2. The minimum atomic E-state index is -0.0557. The van der Waals surface area contributed by atoms with Crippen LogP contribution in [0.4, 0.5) is 0 Å². The van der Waals surface area contributed by atoms with Gasteiger partial charge in [-0.1, -0.05) is 113 Å². The predicted octanol–water partition coefficient (Wildman–Crippen LogP) is 11.3. The molecule has 0 radical (unpaired) electrons. The highest BCUT2D eigenvalue weighted by molar-refractivity contribution is 6.06. The van der Waals surface area contributed by atoms with E-state index in [1.807, 2.05) is 0 Å². The quantitative estimate of drug-likeness (QED) is 0.187. The van der Waals surface area contributed by atoms with Crippen LogP contribution in [-0.2, 0) is 10.8 Å². The minimum absolute atomic E-state index is 0.0557. The van der Waals surface area contributed by atoms with Gasteiger partial charge in [-0.05, 0) is 93.7 Å². The lowest BCUT2D eigenvalue weighted by molar-refractivity contribution is 0.660. The zero-order chi connectivity index (χ0) is 31.5. The van der Waals surface area contributed by atoms with Crippen molar-refractivity contribution in [1.82, 2.24) is 9.97 Å². The molecule has 2 heterocycles. The lowest BCUT2D eigenvalue weighted by Crippen LogP contribution is -2.15. The Kier molecular flexibility index (Phi) is 5.47. The first kappa shape index (κ1) is 27.2. The molecule has 9 rings (SSSR count). The number of benzene rings is 5. The van der Waals surface area contributed by atoms with Gasteiger partial charge in [0.15, 0.2) is 0 Å². The van der Waals surface area contributed by atoms with Crippen LogP contribution in [-0.4, -0.2) is 9.97 Å². The van der Waals surface area contributed by atoms with Crippen molar-refractivity contribution in [2.45, 2.75) is 52.4 Å². The van der Waals surface area contributed by atoms with Crippen LogP contribution in [0.2, 0.25) is 0 Å². The van der Waals surface area contributed by atoms with Crippen molar-refractivity contribution in [3.63, 3.8) is 0 Å². The van der Waals surface area contributed by atoms with E-state index in [1.54, 1.807) is 0 Å². The third-order valence-corrected chi connectivity index (χ3v) is 10.9. The van der Waals surface area contributed by atoms with E-state index in [1.165, 1.54) is 55.6 Å². The van der Waals surface area contributed by atoms with E-state index in [0.717, 1.165) is 44.3 Å². The zero-order valence-electron chi connectivity index (χ0n) is 27.3. The largest absolute Gasteiger partial charge is 0.245 e. The second-order valence-electron chi connectivity index (χ2n) is 14.4. The van der Waals surface area contributed by atoms with Gasteiger partial charge in [-0.2, -0.15) is 0 Å². The number of hydrogen-bond acceptors (Lipinski definition) is 2. The molecule has 0 N–H and O–H groups in total. The molecule has 2 nitrogen and oxygen atoms in total.